The first-order chi connectivity index (χ1) is 12.8. The summed E-state index contributed by atoms with van der Waals surface area (Å²) < 4.78 is 33.6. The molecule has 2 aromatic rings. The molecular formula is C20H24N2O4S. The largest absolute Gasteiger partial charge is 0.497 e. The second-order valence-electron chi connectivity index (χ2n) is 6.73. The summed E-state index contributed by atoms with van der Waals surface area (Å²) in [5.41, 5.74) is 2.07. The smallest absolute Gasteiger partial charge is 0.245 e. The fraction of sp³-hybridized carbons (Fsp3) is 0.350. The summed E-state index contributed by atoms with van der Waals surface area (Å²) in [5, 5.41) is 2.64. The summed E-state index contributed by atoms with van der Waals surface area (Å²) in [6.07, 6.45) is 1.55. The highest BCUT2D eigenvalue weighted by Crippen LogP contribution is 2.38. The molecule has 0 aromatic heterocycles. The van der Waals surface area contributed by atoms with Crippen molar-refractivity contribution in [2.45, 2.75) is 37.6 Å². The molecule has 0 radical (unpaired) electrons. The molecule has 0 unspecified atom stereocenters. The van der Waals surface area contributed by atoms with Crippen molar-refractivity contribution in [1.82, 2.24) is 4.31 Å². The lowest BCUT2D eigenvalue weighted by Crippen LogP contribution is -2.31. The molecule has 0 bridgehead atoms. The summed E-state index contributed by atoms with van der Waals surface area (Å²) in [5.74, 6) is 0.432. The molecule has 0 aliphatic carbocycles. The van der Waals surface area contributed by atoms with Crippen molar-refractivity contribution < 1.29 is 17.9 Å². The van der Waals surface area contributed by atoms with Gasteiger partial charge in [-0.25, -0.2) is 8.42 Å². The first-order valence-corrected chi connectivity index (χ1v) is 10.3. The monoisotopic (exact) mass is 388 g/mol. The van der Waals surface area contributed by atoms with Gasteiger partial charge in [-0.1, -0.05) is 18.2 Å². The predicted octanol–water partition coefficient (Wildman–Crippen LogP) is 3.49. The fourth-order valence-electron chi connectivity index (χ4n) is 3.45. The third kappa shape index (κ3) is 3.99. The Hall–Kier alpha value is -2.38. The van der Waals surface area contributed by atoms with E-state index in [0.717, 1.165) is 29.7 Å². The van der Waals surface area contributed by atoms with E-state index < -0.39 is 10.0 Å². The van der Waals surface area contributed by atoms with Crippen LogP contribution in [0.15, 0.2) is 47.4 Å². The van der Waals surface area contributed by atoms with Crippen LogP contribution in [0.4, 0.5) is 5.69 Å². The highest BCUT2D eigenvalue weighted by atomic mass is 32.2. The van der Waals surface area contributed by atoms with Crippen LogP contribution in [0.1, 0.15) is 36.9 Å². The van der Waals surface area contributed by atoms with Crippen LogP contribution in [0.3, 0.4) is 0 Å². The lowest BCUT2D eigenvalue weighted by Gasteiger charge is -2.26. The van der Waals surface area contributed by atoms with Gasteiger partial charge in [0.05, 0.1) is 18.8 Å². The SMILES string of the molecule is COc1ccc([C@H]2CCCN2S(=O)(=O)c2cc(C)ccc2NC(C)=O)cc1. The van der Waals surface area contributed by atoms with E-state index in [4.69, 9.17) is 4.74 Å². The number of carbonyl (C=O) groups is 1. The van der Waals surface area contributed by atoms with Crippen LogP contribution in [-0.4, -0.2) is 32.3 Å². The van der Waals surface area contributed by atoms with E-state index in [1.165, 1.54) is 11.2 Å². The summed E-state index contributed by atoms with van der Waals surface area (Å²) in [6.45, 7) is 3.65. The first kappa shape index (κ1) is 19.4. The maximum absolute atomic E-state index is 13.4. The first-order valence-electron chi connectivity index (χ1n) is 8.87. The molecule has 1 atom stereocenters. The number of anilines is 1. The Morgan fingerprint density at radius 3 is 2.52 bits per heavy atom. The molecule has 1 amide bonds. The fourth-order valence-corrected chi connectivity index (χ4v) is 5.37. The Kier molecular flexibility index (Phi) is 5.53. The summed E-state index contributed by atoms with van der Waals surface area (Å²) >= 11 is 0. The van der Waals surface area contributed by atoms with Crippen LogP contribution in [0.2, 0.25) is 0 Å². The number of aryl methyl sites for hydroxylation is 1. The van der Waals surface area contributed by atoms with Crippen molar-refractivity contribution in [3.63, 3.8) is 0 Å². The molecule has 1 aliphatic heterocycles. The van der Waals surface area contributed by atoms with Crippen LogP contribution in [-0.2, 0) is 14.8 Å². The molecule has 2 aromatic carbocycles. The molecule has 1 aliphatic rings. The molecular weight excluding hydrogens is 364 g/mol. The van der Waals surface area contributed by atoms with Gasteiger partial charge in [0, 0.05) is 13.5 Å². The standard InChI is InChI=1S/C20H24N2O4S/c1-14-6-11-18(21-15(2)23)20(13-14)27(24,25)22-12-4-5-19(22)16-7-9-17(26-3)10-8-16/h6-11,13,19H,4-5,12H2,1-3H3,(H,21,23)/t19-/m1/s1. The minimum absolute atomic E-state index is 0.137. The predicted molar refractivity (Wildman–Crippen MR) is 104 cm³/mol. The van der Waals surface area contributed by atoms with E-state index in [2.05, 4.69) is 5.32 Å². The number of ether oxygens (including phenoxy) is 1. The summed E-state index contributed by atoms with van der Waals surface area (Å²) in [6, 6.07) is 12.3. The average molecular weight is 388 g/mol. The molecule has 3 rings (SSSR count). The number of sulfonamides is 1. The van der Waals surface area contributed by atoms with Gasteiger partial charge in [0.2, 0.25) is 15.9 Å². The second-order valence-corrected chi connectivity index (χ2v) is 8.59. The molecule has 1 N–H and O–H groups in total. The number of rotatable bonds is 5. The Morgan fingerprint density at radius 1 is 1.19 bits per heavy atom. The van der Waals surface area contributed by atoms with Crippen molar-refractivity contribution in [3.05, 3.63) is 53.6 Å². The molecule has 0 spiro atoms. The molecule has 1 heterocycles. The van der Waals surface area contributed by atoms with Gasteiger partial charge in [-0.2, -0.15) is 4.31 Å². The van der Waals surface area contributed by atoms with E-state index in [0.29, 0.717) is 12.2 Å². The van der Waals surface area contributed by atoms with Gasteiger partial charge < -0.3 is 10.1 Å². The Morgan fingerprint density at radius 2 is 1.89 bits per heavy atom. The summed E-state index contributed by atoms with van der Waals surface area (Å²) in [4.78, 5) is 11.7. The molecule has 27 heavy (non-hydrogen) atoms. The molecule has 144 valence electrons. The van der Waals surface area contributed by atoms with Crippen molar-refractivity contribution >= 4 is 21.6 Å². The van der Waals surface area contributed by atoms with E-state index >= 15 is 0 Å². The van der Waals surface area contributed by atoms with Gasteiger partial charge in [-0.05, 0) is 55.2 Å². The highest BCUT2D eigenvalue weighted by Gasteiger charge is 2.37. The zero-order valence-corrected chi connectivity index (χ0v) is 16.5. The van der Waals surface area contributed by atoms with Crippen LogP contribution in [0.25, 0.3) is 0 Å². The van der Waals surface area contributed by atoms with Gasteiger partial charge in [0.15, 0.2) is 0 Å². The van der Waals surface area contributed by atoms with E-state index in [9.17, 15) is 13.2 Å². The minimum atomic E-state index is -3.76. The van der Waals surface area contributed by atoms with E-state index in [-0.39, 0.29) is 16.8 Å². The van der Waals surface area contributed by atoms with Gasteiger partial charge >= 0.3 is 0 Å². The number of methoxy groups -OCH3 is 1. The van der Waals surface area contributed by atoms with Crippen molar-refractivity contribution in [3.8, 4) is 5.75 Å². The quantitative estimate of drug-likeness (QED) is 0.851. The van der Waals surface area contributed by atoms with Crippen LogP contribution < -0.4 is 10.1 Å². The topological polar surface area (TPSA) is 75.7 Å². The normalized spacial score (nSPS) is 17.7. The maximum Gasteiger partial charge on any atom is 0.245 e. The second kappa shape index (κ2) is 7.70. The summed E-state index contributed by atoms with van der Waals surface area (Å²) in [7, 11) is -2.16. The van der Waals surface area contributed by atoms with Gasteiger partial charge in [-0.3, -0.25) is 4.79 Å². The van der Waals surface area contributed by atoms with Crippen molar-refractivity contribution in [1.29, 1.82) is 0 Å². The van der Waals surface area contributed by atoms with Gasteiger partial charge in [0.1, 0.15) is 10.6 Å². The number of carbonyl (C=O) groups excluding carboxylic acids is 1. The minimum Gasteiger partial charge on any atom is -0.497 e. The molecule has 6 nitrogen and oxygen atoms in total. The zero-order chi connectivity index (χ0) is 19.6. The molecule has 1 fully saturated rings. The van der Waals surface area contributed by atoms with Crippen LogP contribution in [0, 0.1) is 6.92 Å². The lowest BCUT2D eigenvalue weighted by atomic mass is 10.1. The zero-order valence-electron chi connectivity index (χ0n) is 15.7. The van der Waals surface area contributed by atoms with Crippen molar-refractivity contribution in [2.24, 2.45) is 0 Å². The third-order valence-electron chi connectivity index (χ3n) is 4.74. The van der Waals surface area contributed by atoms with E-state index in [1.807, 2.05) is 31.2 Å². The van der Waals surface area contributed by atoms with E-state index in [1.54, 1.807) is 25.3 Å². The number of amides is 1. The number of nitrogens with zero attached hydrogens (tertiary/aromatic N) is 1. The molecule has 7 heteroatoms. The van der Waals surface area contributed by atoms with Crippen LogP contribution in [0.5, 0.6) is 5.75 Å². The van der Waals surface area contributed by atoms with Crippen molar-refractivity contribution in [2.75, 3.05) is 19.0 Å². The third-order valence-corrected chi connectivity index (χ3v) is 6.69. The molecule has 0 saturated carbocycles. The molecule has 1 saturated heterocycles. The Labute approximate surface area is 160 Å². The van der Waals surface area contributed by atoms with Crippen LogP contribution >= 0.6 is 0 Å². The van der Waals surface area contributed by atoms with Gasteiger partial charge in [-0.15, -0.1) is 0 Å². The van der Waals surface area contributed by atoms with Gasteiger partial charge in [0.25, 0.3) is 0 Å². The lowest BCUT2D eigenvalue weighted by molar-refractivity contribution is -0.114. The number of hydrogen-bond donors (Lipinski definition) is 1. The maximum atomic E-state index is 13.4. The highest BCUT2D eigenvalue weighted by molar-refractivity contribution is 7.89. The number of benzene rings is 2. The Balaban J connectivity index is 2.00. The number of hydrogen-bond acceptors (Lipinski definition) is 4. The Bertz CT molecular complexity index is 939. The number of nitrogens with one attached hydrogen (secondary N) is 1. The average Bonchev–Trinajstić information content (AvgIpc) is 3.13.